The molecule has 0 aliphatic carbocycles. The zero-order valence-corrected chi connectivity index (χ0v) is 13.9. The van der Waals surface area contributed by atoms with Gasteiger partial charge in [0.2, 0.25) is 6.79 Å². The number of aromatic nitrogens is 1. The van der Waals surface area contributed by atoms with E-state index in [-0.39, 0.29) is 30.5 Å². The molecular weight excluding hydrogens is 364 g/mol. The predicted octanol–water partition coefficient (Wildman–Crippen LogP) is 3.40. The van der Waals surface area contributed by atoms with Gasteiger partial charge < -0.3 is 18.7 Å². The van der Waals surface area contributed by atoms with Crippen LogP contribution in [0.15, 0.2) is 40.2 Å². The Morgan fingerprint density at radius 3 is 2.85 bits per heavy atom. The Kier molecular flexibility index (Phi) is 4.01. The minimum Gasteiger partial charge on any atom is -0.455 e. The maximum absolute atomic E-state index is 12.3. The van der Waals surface area contributed by atoms with E-state index in [1.54, 1.807) is 6.07 Å². The first-order chi connectivity index (χ1) is 12.6. The second-order valence-electron chi connectivity index (χ2n) is 5.22. The quantitative estimate of drug-likeness (QED) is 0.379. The van der Waals surface area contributed by atoms with E-state index in [1.165, 1.54) is 17.4 Å². The largest absolute Gasteiger partial charge is 0.455 e. The van der Waals surface area contributed by atoms with Crippen molar-refractivity contribution in [1.82, 2.24) is 5.16 Å². The van der Waals surface area contributed by atoms with Crippen LogP contribution < -0.4 is 9.47 Å². The van der Waals surface area contributed by atoms with Crippen molar-refractivity contribution in [3.05, 3.63) is 57.1 Å². The molecule has 1 aromatic carbocycles. The lowest BCUT2D eigenvalue weighted by atomic mass is 10.1. The number of rotatable bonds is 5. The number of esters is 1. The number of hydrogen-bond donors (Lipinski definition) is 0. The van der Waals surface area contributed by atoms with E-state index in [9.17, 15) is 14.9 Å². The van der Waals surface area contributed by atoms with Crippen LogP contribution in [0.5, 0.6) is 11.5 Å². The van der Waals surface area contributed by atoms with Crippen molar-refractivity contribution in [2.24, 2.45) is 0 Å². The number of carbonyl (C=O) groups excluding carboxylic acids is 1. The Morgan fingerprint density at radius 2 is 2.12 bits per heavy atom. The molecule has 2 aromatic heterocycles. The Labute approximate surface area is 149 Å². The lowest BCUT2D eigenvalue weighted by molar-refractivity contribution is -0.385. The van der Waals surface area contributed by atoms with E-state index in [2.05, 4.69) is 5.16 Å². The summed E-state index contributed by atoms with van der Waals surface area (Å²) in [5.41, 5.74) is -0.245. The van der Waals surface area contributed by atoms with Crippen LogP contribution in [0.25, 0.3) is 10.6 Å². The summed E-state index contributed by atoms with van der Waals surface area (Å²) >= 11 is 1.48. The summed E-state index contributed by atoms with van der Waals surface area (Å²) in [5.74, 6) is 0.157. The highest BCUT2D eigenvalue weighted by Crippen LogP contribution is 2.38. The van der Waals surface area contributed by atoms with Crippen LogP contribution in [0.2, 0.25) is 0 Å². The van der Waals surface area contributed by atoms with E-state index < -0.39 is 16.6 Å². The normalized spacial score (nSPS) is 12.2. The second kappa shape index (κ2) is 6.48. The Bertz CT molecular complexity index is 981. The number of benzene rings is 1. The zero-order valence-electron chi connectivity index (χ0n) is 13.0. The number of nitrogens with zero attached hydrogens (tertiary/aromatic N) is 2. The number of fused-ring (bicyclic) bond motifs is 1. The van der Waals surface area contributed by atoms with Gasteiger partial charge in [0.05, 0.1) is 15.9 Å². The van der Waals surface area contributed by atoms with Crippen LogP contribution in [-0.4, -0.2) is 22.8 Å². The monoisotopic (exact) mass is 374 g/mol. The third-order valence-electron chi connectivity index (χ3n) is 3.58. The van der Waals surface area contributed by atoms with Gasteiger partial charge in [0.15, 0.2) is 17.3 Å². The van der Waals surface area contributed by atoms with Gasteiger partial charge in [-0.25, -0.2) is 4.79 Å². The van der Waals surface area contributed by atoms with Crippen molar-refractivity contribution in [3.63, 3.8) is 0 Å². The fourth-order valence-corrected chi connectivity index (χ4v) is 3.05. The van der Waals surface area contributed by atoms with Crippen LogP contribution in [0.4, 0.5) is 5.69 Å². The van der Waals surface area contributed by atoms with Crippen molar-refractivity contribution < 1.29 is 28.5 Å². The van der Waals surface area contributed by atoms with Crippen LogP contribution in [0, 0.1) is 10.1 Å². The van der Waals surface area contributed by atoms with Crippen molar-refractivity contribution >= 4 is 23.0 Å². The molecule has 0 saturated heterocycles. The Balaban J connectivity index is 1.51. The third-order valence-corrected chi connectivity index (χ3v) is 4.47. The van der Waals surface area contributed by atoms with E-state index in [4.69, 9.17) is 18.7 Å². The van der Waals surface area contributed by atoms with E-state index in [0.29, 0.717) is 11.5 Å². The minimum absolute atomic E-state index is 0.0601. The van der Waals surface area contributed by atoms with Crippen LogP contribution in [-0.2, 0) is 11.3 Å². The van der Waals surface area contributed by atoms with Crippen molar-refractivity contribution in [2.45, 2.75) is 6.61 Å². The van der Waals surface area contributed by atoms with Gasteiger partial charge in [-0.05, 0) is 11.4 Å². The van der Waals surface area contributed by atoms with Crippen LogP contribution >= 0.6 is 11.3 Å². The van der Waals surface area contributed by atoms with E-state index >= 15 is 0 Å². The first kappa shape index (κ1) is 16.1. The lowest BCUT2D eigenvalue weighted by Crippen LogP contribution is -2.08. The van der Waals surface area contributed by atoms with Gasteiger partial charge in [-0.3, -0.25) is 10.1 Å². The molecule has 0 N–H and O–H groups in total. The van der Waals surface area contributed by atoms with Crippen LogP contribution in [0.1, 0.15) is 16.1 Å². The fraction of sp³-hybridized carbons (Fsp3) is 0.125. The third kappa shape index (κ3) is 2.97. The molecule has 1 aliphatic rings. The molecule has 0 atom stereocenters. The second-order valence-corrected chi connectivity index (χ2v) is 6.16. The van der Waals surface area contributed by atoms with Gasteiger partial charge in [-0.2, -0.15) is 0 Å². The molecule has 3 aromatic rings. The van der Waals surface area contributed by atoms with Crippen molar-refractivity contribution in [1.29, 1.82) is 0 Å². The van der Waals surface area contributed by atoms with Gasteiger partial charge in [0, 0.05) is 12.1 Å². The molecular formula is C16H10N2O7S. The molecule has 0 radical (unpaired) electrons. The highest BCUT2D eigenvalue weighted by molar-refractivity contribution is 7.13. The molecule has 0 amide bonds. The summed E-state index contributed by atoms with van der Waals surface area (Å²) < 4.78 is 20.6. The molecule has 132 valence electrons. The smallest absolute Gasteiger partial charge is 0.345 e. The number of thiophene rings is 1. The van der Waals surface area contributed by atoms with Crippen molar-refractivity contribution in [3.8, 4) is 22.1 Å². The van der Waals surface area contributed by atoms with Gasteiger partial charge in [-0.15, -0.1) is 11.3 Å². The summed E-state index contributed by atoms with van der Waals surface area (Å²) in [6.45, 7) is -0.241. The maximum Gasteiger partial charge on any atom is 0.345 e. The molecule has 3 heterocycles. The van der Waals surface area contributed by atoms with Gasteiger partial charge in [-0.1, -0.05) is 11.2 Å². The van der Waals surface area contributed by atoms with E-state index in [0.717, 1.165) is 10.9 Å². The lowest BCUT2D eigenvalue weighted by Gasteiger charge is -2.05. The zero-order chi connectivity index (χ0) is 18.1. The molecule has 0 unspecified atom stereocenters. The number of ether oxygens (including phenoxy) is 3. The highest BCUT2D eigenvalue weighted by atomic mass is 32.1. The average molecular weight is 374 g/mol. The number of nitro groups is 1. The summed E-state index contributed by atoms with van der Waals surface area (Å²) in [6.07, 6.45) is 0. The summed E-state index contributed by atoms with van der Waals surface area (Å²) in [6, 6.07) is 7.78. The standard InChI is InChI=1S/C16H10N2O7S/c19-16(10-5-12-13(24-8-23-12)6-11(10)18(20)21)22-7-9-4-14(25-17-9)15-2-1-3-26-15/h1-6H,7-8H2. The molecule has 9 nitrogen and oxygen atoms in total. The molecule has 0 bridgehead atoms. The Hall–Kier alpha value is -3.40. The predicted molar refractivity (Wildman–Crippen MR) is 88.2 cm³/mol. The fourth-order valence-electron chi connectivity index (χ4n) is 2.38. The SMILES string of the molecule is O=C(OCc1cc(-c2cccs2)on1)c1cc2c(cc1[N+](=O)[O-])OCO2. The Morgan fingerprint density at radius 1 is 1.31 bits per heavy atom. The highest BCUT2D eigenvalue weighted by Gasteiger charge is 2.28. The first-order valence-corrected chi connectivity index (χ1v) is 8.24. The summed E-state index contributed by atoms with van der Waals surface area (Å²) in [5, 5.41) is 16.9. The molecule has 4 rings (SSSR count). The molecule has 1 aliphatic heterocycles. The summed E-state index contributed by atoms with van der Waals surface area (Å²) in [4.78, 5) is 23.7. The van der Waals surface area contributed by atoms with E-state index in [1.807, 2.05) is 17.5 Å². The molecule has 0 spiro atoms. The molecule has 0 fully saturated rings. The number of hydrogen-bond acceptors (Lipinski definition) is 9. The van der Waals surface area contributed by atoms with Crippen molar-refractivity contribution in [2.75, 3.05) is 6.79 Å². The number of carbonyl (C=O) groups is 1. The topological polar surface area (TPSA) is 114 Å². The molecule has 0 saturated carbocycles. The van der Waals surface area contributed by atoms with Crippen LogP contribution in [0.3, 0.4) is 0 Å². The van der Waals surface area contributed by atoms with Gasteiger partial charge in [0.1, 0.15) is 17.9 Å². The minimum atomic E-state index is -0.865. The average Bonchev–Trinajstić information content (AvgIpc) is 3.38. The van der Waals surface area contributed by atoms with Gasteiger partial charge in [0.25, 0.3) is 5.69 Å². The molecule has 26 heavy (non-hydrogen) atoms. The first-order valence-electron chi connectivity index (χ1n) is 7.36. The molecule has 10 heteroatoms. The maximum atomic E-state index is 12.3. The summed E-state index contributed by atoms with van der Waals surface area (Å²) in [7, 11) is 0. The van der Waals surface area contributed by atoms with Gasteiger partial charge >= 0.3 is 5.97 Å². The number of nitro benzene ring substituents is 1.